The monoisotopic (exact) mass is 553 g/mol. The third-order valence-electron chi connectivity index (χ3n) is 6.75. The van der Waals surface area contributed by atoms with Gasteiger partial charge in [-0.05, 0) is 59.7 Å². The molecule has 0 radical (unpaired) electrons. The summed E-state index contributed by atoms with van der Waals surface area (Å²) in [6.45, 7) is 0.584. The topological polar surface area (TPSA) is 79.8 Å². The van der Waals surface area contributed by atoms with Crippen LogP contribution in [0.5, 0.6) is 0 Å². The molecule has 0 aliphatic carbocycles. The van der Waals surface area contributed by atoms with E-state index in [9.17, 15) is 17.6 Å². The van der Waals surface area contributed by atoms with Gasteiger partial charge in [0.25, 0.3) is 0 Å². The first-order chi connectivity index (χ1) is 18.4. The summed E-state index contributed by atoms with van der Waals surface area (Å²) >= 11 is 1.63. The predicted octanol–water partition coefficient (Wildman–Crippen LogP) is 4.64. The van der Waals surface area contributed by atoms with Gasteiger partial charge in [0.2, 0.25) is 15.9 Å². The zero-order valence-corrected chi connectivity index (χ0v) is 22.6. The SMILES string of the molecule is COCCCN(CC(=O)N1CCc2sccc2C1c1ccc(F)cc1)S(=O)(=O)c1cccc2cccnc12. The van der Waals surface area contributed by atoms with Gasteiger partial charge in [-0.3, -0.25) is 9.78 Å². The number of ether oxygens (including phenoxy) is 1. The van der Waals surface area contributed by atoms with E-state index in [2.05, 4.69) is 4.98 Å². The summed E-state index contributed by atoms with van der Waals surface area (Å²) in [5.74, 6) is -0.669. The highest BCUT2D eigenvalue weighted by Crippen LogP contribution is 2.38. The average Bonchev–Trinajstić information content (AvgIpc) is 3.41. The minimum atomic E-state index is -4.06. The average molecular weight is 554 g/mol. The number of pyridine rings is 1. The zero-order chi connectivity index (χ0) is 26.7. The van der Waals surface area contributed by atoms with Gasteiger partial charge in [-0.2, -0.15) is 4.31 Å². The number of benzene rings is 2. The van der Waals surface area contributed by atoms with Gasteiger partial charge in [-0.25, -0.2) is 12.8 Å². The number of amides is 1. The van der Waals surface area contributed by atoms with E-state index >= 15 is 0 Å². The summed E-state index contributed by atoms with van der Waals surface area (Å²) in [6.07, 6.45) is 2.67. The van der Waals surface area contributed by atoms with E-state index in [0.717, 1.165) is 11.1 Å². The van der Waals surface area contributed by atoms with E-state index in [1.165, 1.54) is 27.4 Å². The molecule has 1 aliphatic rings. The van der Waals surface area contributed by atoms with Gasteiger partial charge in [0, 0.05) is 43.3 Å². The first-order valence-electron chi connectivity index (χ1n) is 12.3. The molecule has 0 N–H and O–H groups in total. The van der Waals surface area contributed by atoms with Crippen LogP contribution in [-0.2, 0) is 26.0 Å². The number of para-hydroxylation sites is 1. The van der Waals surface area contributed by atoms with Crippen LogP contribution in [0.25, 0.3) is 10.9 Å². The van der Waals surface area contributed by atoms with Crippen molar-refractivity contribution in [2.24, 2.45) is 0 Å². The molecular formula is C28H28FN3O4S2. The number of aromatic nitrogens is 1. The van der Waals surface area contributed by atoms with E-state index in [1.54, 1.807) is 65.9 Å². The summed E-state index contributed by atoms with van der Waals surface area (Å²) < 4.78 is 48.0. The molecule has 0 saturated heterocycles. The maximum absolute atomic E-state index is 13.9. The van der Waals surface area contributed by atoms with E-state index in [4.69, 9.17) is 4.74 Å². The van der Waals surface area contributed by atoms with Crippen LogP contribution in [0.3, 0.4) is 0 Å². The molecule has 7 nitrogen and oxygen atoms in total. The molecule has 38 heavy (non-hydrogen) atoms. The van der Waals surface area contributed by atoms with Crippen molar-refractivity contribution in [1.82, 2.24) is 14.2 Å². The normalized spacial score (nSPS) is 15.7. The quantitative estimate of drug-likeness (QED) is 0.282. The fourth-order valence-electron chi connectivity index (χ4n) is 4.92. The van der Waals surface area contributed by atoms with Gasteiger partial charge in [-0.15, -0.1) is 11.3 Å². The van der Waals surface area contributed by atoms with Crippen LogP contribution in [0.1, 0.15) is 28.5 Å². The molecule has 0 saturated carbocycles. The lowest BCUT2D eigenvalue weighted by Crippen LogP contribution is -2.47. The first kappa shape index (κ1) is 26.4. The Bertz CT molecular complexity index is 1530. The summed E-state index contributed by atoms with van der Waals surface area (Å²) in [4.78, 5) is 21.1. The van der Waals surface area contributed by atoms with Crippen LogP contribution in [0.4, 0.5) is 4.39 Å². The minimum absolute atomic E-state index is 0.0645. The number of carbonyl (C=O) groups excluding carboxylic acids is 1. The molecule has 0 spiro atoms. The Hall–Kier alpha value is -3.18. The Morgan fingerprint density at radius 2 is 1.95 bits per heavy atom. The van der Waals surface area contributed by atoms with Crippen molar-refractivity contribution in [2.75, 3.05) is 33.4 Å². The number of thiophene rings is 1. The highest BCUT2D eigenvalue weighted by Gasteiger charge is 2.36. The number of halogens is 1. The molecule has 1 atom stereocenters. The van der Waals surface area contributed by atoms with E-state index in [-0.39, 0.29) is 29.7 Å². The molecule has 5 rings (SSSR count). The Labute approximate surface area is 225 Å². The Morgan fingerprint density at radius 3 is 2.74 bits per heavy atom. The van der Waals surface area contributed by atoms with Crippen molar-refractivity contribution in [3.63, 3.8) is 0 Å². The van der Waals surface area contributed by atoms with Gasteiger partial charge in [-0.1, -0.05) is 30.3 Å². The number of nitrogens with zero attached hydrogens (tertiary/aromatic N) is 3. The van der Waals surface area contributed by atoms with Crippen molar-refractivity contribution >= 4 is 38.2 Å². The van der Waals surface area contributed by atoms with Gasteiger partial charge in [0.15, 0.2) is 0 Å². The molecule has 0 fully saturated rings. The van der Waals surface area contributed by atoms with Crippen molar-refractivity contribution in [3.05, 3.63) is 94.1 Å². The summed E-state index contributed by atoms with van der Waals surface area (Å²) in [6, 6.07) is 16.3. The van der Waals surface area contributed by atoms with E-state index in [1.807, 2.05) is 11.4 Å². The highest BCUT2D eigenvalue weighted by molar-refractivity contribution is 7.89. The molecule has 2 aromatic heterocycles. The molecule has 1 aliphatic heterocycles. The maximum Gasteiger partial charge on any atom is 0.245 e. The Balaban J connectivity index is 1.49. The summed E-state index contributed by atoms with van der Waals surface area (Å²) in [7, 11) is -2.51. The highest BCUT2D eigenvalue weighted by atomic mass is 32.2. The van der Waals surface area contributed by atoms with Crippen molar-refractivity contribution < 1.29 is 22.3 Å². The molecule has 1 unspecified atom stereocenters. The van der Waals surface area contributed by atoms with Gasteiger partial charge in [0.05, 0.1) is 18.1 Å². The van der Waals surface area contributed by atoms with Crippen molar-refractivity contribution in [2.45, 2.75) is 23.8 Å². The van der Waals surface area contributed by atoms with Gasteiger partial charge in [0.1, 0.15) is 10.7 Å². The number of carbonyl (C=O) groups is 1. The molecule has 0 bridgehead atoms. The van der Waals surface area contributed by atoms with Crippen LogP contribution >= 0.6 is 11.3 Å². The number of hydrogen-bond acceptors (Lipinski definition) is 6. The number of sulfonamides is 1. The lowest BCUT2D eigenvalue weighted by atomic mass is 9.93. The summed E-state index contributed by atoms with van der Waals surface area (Å²) in [5.41, 5.74) is 2.14. The fourth-order valence-corrected chi connectivity index (χ4v) is 7.42. The molecule has 10 heteroatoms. The second-order valence-electron chi connectivity index (χ2n) is 9.11. The summed E-state index contributed by atoms with van der Waals surface area (Å²) in [5, 5.41) is 2.69. The van der Waals surface area contributed by atoms with Crippen LogP contribution in [0.15, 0.2) is 77.1 Å². The number of fused-ring (bicyclic) bond motifs is 2. The fraction of sp³-hybridized carbons (Fsp3) is 0.286. The maximum atomic E-state index is 13.9. The number of methoxy groups -OCH3 is 1. The Morgan fingerprint density at radius 1 is 1.16 bits per heavy atom. The lowest BCUT2D eigenvalue weighted by molar-refractivity contribution is -0.133. The zero-order valence-electron chi connectivity index (χ0n) is 20.9. The van der Waals surface area contributed by atoms with Crippen LogP contribution in [-0.4, -0.2) is 61.9 Å². The number of hydrogen-bond donors (Lipinski definition) is 0. The standard InChI is InChI=1S/C28H28FN3O4S2/c1-36-17-4-15-31(38(34,35)25-7-2-5-20-6-3-14-30-27(20)25)19-26(33)32-16-12-24-23(13-18-37-24)28(32)21-8-10-22(29)11-9-21/h2-3,5-11,13-14,18,28H,4,12,15-17,19H2,1H3. The van der Waals surface area contributed by atoms with Crippen molar-refractivity contribution in [3.8, 4) is 0 Å². The molecule has 4 aromatic rings. The molecule has 1 amide bonds. The van der Waals surface area contributed by atoms with Crippen molar-refractivity contribution in [1.29, 1.82) is 0 Å². The van der Waals surface area contributed by atoms with Gasteiger partial charge < -0.3 is 9.64 Å². The smallest absolute Gasteiger partial charge is 0.245 e. The molecule has 3 heterocycles. The number of rotatable bonds is 9. The Kier molecular flexibility index (Phi) is 7.85. The molecule has 198 valence electrons. The predicted molar refractivity (Wildman–Crippen MR) is 145 cm³/mol. The van der Waals surface area contributed by atoms with Crippen LogP contribution in [0.2, 0.25) is 0 Å². The second kappa shape index (κ2) is 11.3. The second-order valence-corrected chi connectivity index (χ2v) is 12.0. The lowest BCUT2D eigenvalue weighted by Gasteiger charge is -2.37. The van der Waals surface area contributed by atoms with Gasteiger partial charge >= 0.3 is 0 Å². The third-order valence-corrected chi connectivity index (χ3v) is 9.63. The van der Waals surface area contributed by atoms with Crippen LogP contribution in [0, 0.1) is 5.82 Å². The van der Waals surface area contributed by atoms with E-state index < -0.39 is 16.1 Å². The first-order valence-corrected chi connectivity index (χ1v) is 14.7. The molecular weight excluding hydrogens is 525 g/mol. The molecule has 2 aromatic carbocycles. The third kappa shape index (κ3) is 5.22. The minimum Gasteiger partial charge on any atom is -0.385 e. The van der Waals surface area contributed by atoms with E-state index in [0.29, 0.717) is 36.9 Å². The largest absolute Gasteiger partial charge is 0.385 e. The van der Waals surface area contributed by atoms with Crippen LogP contribution < -0.4 is 0 Å².